The van der Waals surface area contributed by atoms with Crippen molar-refractivity contribution in [3.8, 4) is 11.5 Å². The minimum Gasteiger partial charge on any atom is -0.423 e. The fourth-order valence-electron chi connectivity index (χ4n) is 2.04. The molecule has 0 spiro atoms. The van der Waals surface area contributed by atoms with Crippen LogP contribution in [0.3, 0.4) is 0 Å². The first kappa shape index (κ1) is 15.2. The number of nitrogens with zero attached hydrogens (tertiary/aromatic N) is 2. The monoisotopic (exact) mass is 288 g/mol. The summed E-state index contributed by atoms with van der Waals surface area (Å²) in [4.78, 5) is 12.3. The minimum atomic E-state index is -0.619. The Kier molecular flexibility index (Phi) is 4.37. The lowest BCUT2D eigenvalue weighted by Crippen LogP contribution is -2.49. The van der Waals surface area contributed by atoms with Crippen molar-refractivity contribution in [1.82, 2.24) is 15.5 Å². The van der Waals surface area contributed by atoms with Gasteiger partial charge in [-0.1, -0.05) is 6.92 Å². The van der Waals surface area contributed by atoms with Gasteiger partial charge in [-0.2, -0.15) is 0 Å². The van der Waals surface area contributed by atoms with Crippen LogP contribution in [0.25, 0.3) is 11.5 Å². The van der Waals surface area contributed by atoms with Gasteiger partial charge in [0.15, 0.2) is 0 Å². The van der Waals surface area contributed by atoms with Crippen LogP contribution in [-0.4, -0.2) is 28.2 Å². The highest BCUT2D eigenvalue weighted by Gasteiger charge is 2.26. The Morgan fingerprint density at radius 3 is 2.71 bits per heavy atom. The zero-order valence-electron chi connectivity index (χ0n) is 12.7. The molecule has 0 saturated heterocycles. The van der Waals surface area contributed by atoms with E-state index in [0.717, 1.165) is 23.4 Å². The molecule has 0 unspecified atom stereocenters. The lowest BCUT2D eigenvalue weighted by Gasteiger charge is -2.25. The van der Waals surface area contributed by atoms with Crippen molar-refractivity contribution in [3.63, 3.8) is 0 Å². The number of anilines is 1. The van der Waals surface area contributed by atoms with Gasteiger partial charge in [0, 0.05) is 11.3 Å². The summed E-state index contributed by atoms with van der Waals surface area (Å²) in [6, 6.07) is 5.59. The first-order valence-electron chi connectivity index (χ1n) is 6.87. The van der Waals surface area contributed by atoms with Crippen LogP contribution in [0.5, 0.6) is 0 Å². The fraction of sp³-hybridized carbons (Fsp3) is 0.400. The largest absolute Gasteiger partial charge is 0.423 e. The number of hydrogen-bond acceptors (Lipinski definition) is 5. The molecule has 6 nitrogen and oxygen atoms in total. The highest BCUT2D eigenvalue weighted by molar-refractivity contribution is 5.98. The van der Waals surface area contributed by atoms with Crippen molar-refractivity contribution in [2.45, 2.75) is 33.2 Å². The van der Waals surface area contributed by atoms with Crippen molar-refractivity contribution >= 4 is 11.6 Å². The topological polar surface area (TPSA) is 80.0 Å². The zero-order chi connectivity index (χ0) is 15.5. The maximum atomic E-state index is 12.3. The third-order valence-electron chi connectivity index (χ3n) is 3.27. The van der Waals surface area contributed by atoms with Gasteiger partial charge in [0.25, 0.3) is 0 Å². The molecule has 1 aromatic heterocycles. The van der Waals surface area contributed by atoms with Crippen LogP contribution in [0.15, 0.2) is 29.0 Å². The van der Waals surface area contributed by atoms with Crippen molar-refractivity contribution in [2.75, 3.05) is 11.9 Å². The van der Waals surface area contributed by atoms with E-state index in [0.29, 0.717) is 5.89 Å². The van der Waals surface area contributed by atoms with E-state index >= 15 is 0 Å². The van der Waals surface area contributed by atoms with Gasteiger partial charge < -0.3 is 15.1 Å². The maximum Gasteiger partial charge on any atom is 0.247 e. The molecular weight excluding hydrogens is 268 g/mol. The van der Waals surface area contributed by atoms with Gasteiger partial charge in [-0.3, -0.25) is 4.79 Å². The zero-order valence-corrected chi connectivity index (χ0v) is 12.7. The summed E-state index contributed by atoms with van der Waals surface area (Å²) < 4.78 is 5.16. The molecule has 112 valence electrons. The smallest absolute Gasteiger partial charge is 0.247 e. The van der Waals surface area contributed by atoms with Crippen LogP contribution < -0.4 is 10.6 Å². The normalized spacial score (nSPS) is 11.4. The number of aryl methyl sites for hydroxylation is 1. The summed E-state index contributed by atoms with van der Waals surface area (Å²) in [5.41, 5.74) is 1.92. The number of rotatable bonds is 5. The van der Waals surface area contributed by atoms with E-state index in [9.17, 15) is 4.79 Å². The number of carbonyl (C=O) groups is 1. The summed E-state index contributed by atoms with van der Waals surface area (Å²) in [6.07, 6.45) is 1.29. The van der Waals surface area contributed by atoms with E-state index in [4.69, 9.17) is 4.42 Å². The molecule has 0 fully saturated rings. The number of amides is 1. The number of likely N-dealkylation sites (N-methyl/N-ethyl adjacent to an activating group) is 1. The van der Waals surface area contributed by atoms with Crippen molar-refractivity contribution < 1.29 is 9.21 Å². The van der Waals surface area contributed by atoms with Crippen LogP contribution in [0.2, 0.25) is 0 Å². The SMILES string of the molecule is CCNC(C)(C)C(=O)Nc1ccc(-c2nnco2)cc1C. The van der Waals surface area contributed by atoms with Gasteiger partial charge in [-0.05, 0) is 51.1 Å². The van der Waals surface area contributed by atoms with Crippen molar-refractivity contribution in [1.29, 1.82) is 0 Å². The van der Waals surface area contributed by atoms with Gasteiger partial charge in [-0.25, -0.2) is 0 Å². The average molecular weight is 288 g/mol. The predicted molar refractivity (Wildman–Crippen MR) is 80.9 cm³/mol. The quantitative estimate of drug-likeness (QED) is 0.883. The van der Waals surface area contributed by atoms with Crippen LogP contribution in [0, 0.1) is 6.92 Å². The third-order valence-corrected chi connectivity index (χ3v) is 3.27. The highest BCUT2D eigenvalue weighted by atomic mass is 16.4. The number of aromatic nitrogens is 2. The molecule has 0 aliphatic rings. The summed E-state index contributed by atoms with van der Waals surface area (Å²) in [7, 11) is 0. The molecule has 2 aromatic rings. The second-order valence-corrected chi connectivity index (χ2v) is 5.38. The Morgan fingerprint density at radius 1 is 1.38 bits per heavy atom. The van der Waals surface area contributed by atoms with Crippen LogP contribution >= 0.6 is 0 Å². The van der Waals surface area contributed by atoms with Crippen LogP contribution in [-0.2, 0) is 4.79 Å². The number of carbonyl (C=O) groups excluding carboxylic acids is 1. The number of hydrogen-bond donors (Lipinski definition) is 2. The van der Waals surface area contributed by atoms with E-state index in [1.54, 1.807) is 0 Å². The summed E-state index contributed by atoms with van der Waals surface area (Å²) in [5.74, 6) is 0.391. The van der Waals surface area contributed by atoms with Gasteiger partial charge in [0.05, 0.1) is 5.54 Å². The maximum absolute atomic E-state index is 12.3. The number of nitrogens with one attached hydrogen (secondary N) is 2. The highest BCUT2D eigenvalue weighted by Crippen LogP contribution is 2.23. The molecular formula is C15H20N4O2. The lowest BCUT2D eigenvalue weighted by molar-refractivity contribution is -0.121. The molecule has 1 aromatic carbocycles. The summed E-state index contributed by atoms with van der Waals surface area (Å²) in [6.45, 7) is 8.34. The third kappa shape index (κ3) is 3.46. The molecule has 6 heteroatoms. The van der Waals surface area contributed by atoms with Crippen molar-refractivity contribution in [2.24, 2.45) is 0 Å². The number of benzene rings is 1. The Bertz CT molecular complexity index is 621. The first-order valence-corrected chi connectivity index (χ1v) is 6.87. The van der Waals surface area contributed by atoms with Crippen LogP contribution in [0.1, 0.15) is 26.3 Å². The van der Waals surface area contributed by atoms with Crippen LogP contribution in [0.4, 0.5) is 5.69 Å². The molecule has 1 amide bonds. The van der Waals surface area contributed by atoms with E-state index in [2.05, 4.69) is 20.8 Å². The lowest BCUT2D eigenvalue weighted by atomic mass is 10.0. The molecule has 21 heavy (non-hydrogen) atoms. The predicted octanol–water partition coefficient (Wildman–Crippen LogP) is 2.37. The standard InChI is InChI=1S/C15H20N4O2/c1-5-16-15(3,4)14(20)18-12-7-6-11(8-10(12)2)13-19-17-9-21-13/h6-9,16H,5H2,1-4H3,(H,18,20). The second kappa shape index (κ2) is 6.05. The Morgan fingerprint density at radius 2 is 2.14 bits per heavy atom. The molecule has 0 radical (unpaired) electrons. The van der Waals surface area contributed by atoms with Gasteiger partial charge in [0.2, 0.25) is 18.2 Å². The average Bonchev–Trinajstić information content (AvgIpc) is 2.94. The molecule has 0 bridgehead atoms. The molecule has 0 aliphatic carbocycles. The summed E-state index contributed by atoms with van der Waals surface area (Å²) >= 11 is 0. The van der Waals surface area contributed by atoms with Gasteiger partial charge >= 0.3 is 0 Å². The molecule has 2 N–H and O–H groups in total. The molecule has 0 aliphatic heterocycles. The first-order chi connectivity index (χ1) is 9.94. The van der Waals surface area contributed by atoms with E-state index in [1.807, 2.05) is 45.9 Å². The van der Waals surface area contributed by atoms with E-state index < -0.39 is 5.54 Å². The van der Waals surface area contributed by atoms with Gasteiger partial charge in [-0.15, -0.1) is 10.2 Å². The van der Waals surface area contributed by atoms with E-state index in [1.165, 1.54) is 6.39 Å². The fourth-order valence-corrected chi connectivity index (χ4v) is 2.04. The molecule has 0 saturated carbocycles. The Balaban J connectivity index is 2.17. The summed E-state index contributed by atoms with van der Waals surface area (Å²) in [5, 5.41) is 13.6. The van der Waals surface area contributed by atoms with E-state index in [-0.39, 0.29) is 5.91 Å². The molecule has 2 rings (SSSR count). The second-order valence-electron chi connectivity index (χ2n) is 5.38. The minimum absolute atomic E-state index is 0.0713. The van der Waals surface area contributed by atoms with Crippen molar-refractivity contribution in [3.05, 3.63) is 30.2 Å². The Hall–Kier alpha value is -2.21. The molecule has 1 heterocycles. The Labute approximate surface area is 124 Å². The molecule has 0 atom stereocenters. The van der Waals surface area contributed by atoms with Gasteiger partial charge in [0.1, 0.15) is 0 Å².